The normalized spacial score (nSPS) is 21.1. The number of morpholine rings is 1. The van der Waals surface area contributed by atoms with Gasteiger partial charge in [-0.05, 0) is 110 Å². The van der Waals surface area contributed by atoms with Crippen LogP contribution < -0.4 is 10.6 Å². The Hall–Kier alpha value is -5.78. The summed E-state index contributed by atoms with van der Waals surface area (Å²) in [5.74, 6) is -0.433. The van der Waals surface area contributed by atoms with E-state index in [0.717, 1.165) is 66.0 Å². The molecule has 0 radical (unpaired) electrons. The number of aliphatic imine (C=N–C) groups is 2. The van der Waals surface area contributed by atoms with Crippen molar-refractivity contribution in [2.75, 3.05) is 23.7 Å². The van der Waals surface area contributed by atoms with Gasteiger partial charge in [0.25, 0.3) is 0 Å². The van der Waals surface area contributed by atoms with Crippen molar-refractivity contribution in [1.82, 2.24) is 24.8 Å². The molecule has 7 heterocycles. The van der Waals surface area contributed by atoms with E-state index in [0.29, 0.717) is 74.9 Å². The Labute approximate surface area is 357 Å². The van der Waals surface area contributed by atoms with Gasteiger partial charge in [-0.15, -0.1) is 22.7 Å². The van der Waals surface area contributed by atoms with Gasteiger partial charge >= 0.3 is 5.97 Å². The topological polar surface area (TPSA) is 167 Å². The number of nitrogens with zero attached hydrogens (tertiary/aromatic N) is 7. The number of nitrogens with one attached hydrogen (secondary N) is 2. The number of ether oxygens (including phenoxy) is 1. The predicted molar refractivity (Wildman–Crippen MR) is 232 cm³/mol. The number of benzene rings is 2. The third kappa shape index (κ3) is 7.52. The number of amides is 1. The fourth-order valence-corrected chi connectivity index (χ4v) is 11.7. The standard InChI is InChI=1S/C25H26FN5O2S.C19H15FN4O2S/c1-13-10-31(11-14(2)33-13)25(32)15-3-4-18-21(7-15)34-24-22(18)23(28-12-29-24)30-20-6-17-9-27-8-16(17)5-19(20)26;20-13-3-10-6-21-7-11(10)4-14(13)24-17-16-12-2-1-9(19(25)26)5-15(12)27-18(16)23-8-22-17/h5-6,9,12-15H,3-4,7-8,10-11H2,1-2H3,(H,28,29,30);3-4,7-9H,1-2,5-6H2,(H,25,26)(H,22,23,24)/t13-,14-,15-;9-/m00/s1. The molecule has 1 saturated heterocycles. The zero-order valence-corrected chi connectivity index (χ0v) is 35.0. The molecule has 0 saturated carbocycles. The molecule has 3 aliphatic heterocycles. The second kappa shape index (κ2) is 15.9. The molecule has 4 atom stereocenters. The lowest BCUT2D eigenvalue weighted by molar-refractivity contribution is -0.147. The van der Waals surface area contributed by atoms with E-state index in [-0.39, 0.29) is 41.6 Å². The lowest BCUT2D eigenvalue weighted by Crippen LogP contribution is -2.50. The number of carboxylic acids is 1. The largest absolute Gasteiger partial charge is 0.481 e. The summed E-state index contributed by atoms with van der Waals surface area (Å²) in [5.41, 5.74) is 6.59. The Kier molecular flexibility index (Phi) is 10.3. The van der Waals surface area contributed by atoms with Crippen molar-refractivity contribution >= 4 is 90.4 Å². The van der Waals surface area contributed by atoms with Gasteiger partial charge in [0.1, 0.15) is 45.6 Å². The molecule has 6 aromatic rings. The third-order valence-corrected chi connectivity index (χ3v) is 14.4. The van der Waals surface area contributed by atoms with Crippen LogP contribution in [0.3, 0.4) is 0 Å². The van der Waals surface area contributed by atoms with Gasteiger partial charge in [-0.25, -0.2) is 28.7 Å². The molecule has 0 bridgehead atoms. The Morgan fingerprint density at radius 1 is 0.738 bits per heavy atom. The number of rotatable bonds is 6. The Morgan fingerprint density at radius 3 is 1.74 bits per heavy atom. The number of hydrogen-bond acceptors (Lipinski definition) is 13. The van der Waals surface area contributed by atoms with E-state index < -0.39 is 5.97 Å². The fourth-order valence-electron chi connectivity index (χ4n) is 9.16. The predicted octanol–water partition coefficient (Wildman–Crippen LogP) is 7.94. The van der Waals surface area contributed by atoms with Crippen LogP contribution in [0, 0.1) is 23.5 Å². The van der Waals surface area contributed by atoms with E-state index in [1.54, 1.807) is 35.9 Å². The first kappa shape index (κ1) is 39.4. The van der Waals surface area contributed by atoms with Gasteiger partial charge in [0.05, 0.1) is 53.4 Å². The summed E-state index contributed by atoms with van der Waals surface area (Å²) in [6.07, 6.45) is 10.6. The molecule has 5 aliphatic rings. The van der Waals surface area contributed by atoms with Crippen LogP contribution in [0.5, 0.6) is 0 Å². The van der Waals surface area contributed by atoms with Crippen molar-refractivity contribution < 1.29 is 28.2 Å². The maximum Gasteiger partial charge on any atom is 0.306 e. The minimum Gasteiger partial charge on any atom is -0.481 e. The number of aromatic nitrogens is 4. The molecule has 2 aromatic carbocycles. The van der Waals surface area contributed by atoms with Crippen LogP contribution in [0.4, 0.5) is 31.8 Å². The van der Waals surface area contributed by atoms with E-state index in [1.165, 1.54) is 46.6 Å². The van der Waals surface area contributed by atoms with Gasteiger partial charge in [0, 0.05) is 41.2 Å². The first-order valence-corrected chi connectivity index (χ1v) is 22.1. The Bertz CT molecular complexity index is 2810. The Balaban J connectivity index is 0.000000150. The first-order valence-electron chi connectivity index (χ1n) is 20.4. The van der Waals surface area contributed by atoms with Crippen molar-refractivity contribution in [2.45, 2.75) is 77.7 Å². The molecule has 0 spiro atoms. The van der Waals surface area contributed by atoms with E-state index in [9.17, 15) is 23.5 Å². The van der Waals surface area contributed by atoms with Crippen molar-refractivity contribution in [3.05, 3.63) is 91.7 Å². The van der Waals surface area contributed by atoms with Crippen LogP contribution in [0.25, 0.3) is 20.4 Å². The monoisotopic (exact) mass is 861 g/mol. The van der Waals surface area contributed by atoms with E-state index in [1.807, 2.05) is 18.7 Å². The molecule has 61 heavy (non-hydrogen) atoms. The van der Waals surface area contributed by atoms with Crippen molar-refractivity contribution in [3.8, 4) is 0 Å². The SMILES string of the molecule is C[C@H]1CN(C(=O)[C@H]2CCc3c(sc4ncnc(Nc5cc6c(cc5F)CN=C6)c34)C2)C[C@H](C)O1.O=C(O)[C@H]1CCc2c(sc3ncnc(Nc4cc5c(cc4F)CN=C5)c23)C1. The smallest absolute Gasteiger partial charge is 0.306 e. The van der Waals surface area contributed by atoms with Gasteiger partial charge in [-0.3, -0.25) is 19.6 Å². The molecule has 1 fully saturated rings. The summed E-state index contributed by atoms with van der Waals surface area (Å²) < 4.78 is 35.1. The van der Waals surface area contributed by atoms with Gasteiger partial charge in [0.2, 0.25) is 5.91 Å². The minimum atomic E-state index is -0.760. The van der Waals surface area contributed by atoms with Gasteiger partial charge in [-0.1, -0.05) is 0 Å². The maximum atomic E-state index is 14.8. The zero-order valence-electron chi connectivity index (χ0n) is 33.4. The number of thiophene rings is 2. The lowest BCUT2D eigenvalue weighted by atomic mass is 9.86. The first-order chi connectivity index (χ1) is 29.6. The number of carbonyl (C=O) groups excluding carboxylic acids is 1. The lowest BCUT2D eigenvalue weighted by Gasteiger charge is -2.37. The summed E-state index contributed by atoms with van der Waals surface area (Å²) in [4.78, 5) is 56.5. The fraction of sp³-hybridized carbons (Fsp3) is 0.364. The molecule has 312 valence electrons. The third-order valence-electron chi connectivity index (χ3n) is 12.1. The number of aliphatic carboxylic acids is 1. The number of carbonyl (C=O) groups is 2. The molecule has 1 amide bonds. The molecular weight excluding hydrogens is 821 g/mol. The average molecular weight is 862 g/mol. The molecule has 11 rings (SSSR count). The maximum absolute atomic E-state index is 14.8. The van der Waals surface area contributed by atoms with Crippen LogP contribution in [-0.4, -0.2) is 79.5 Å². The van der Waals surface area contributed by atoms with E-state index in [2.05, 4.69) is 40.6 Å². The number of aryl methyl sites for hydroxylation is 2. The Morgan fingerprint density at radius 2 is 1.23 bits per heavy atom. The quantitative estimate of drug-likeness (QED) is 0.150. The number of halogens is 2. The second-order valence-electron chi connectivity index (χ2n) is 16.3. The van der Waals surface area contributed by atoms with Gasteiger partial charge in [-0.2, -0.15) is 0 Å². The highest BCUT2D eigenvalue weighted by Crippen LogP contribution is 2.43. The second-order valence-corrected chi connectivity index (χ2v) is 18.4. The minimum absolute atomic E-state index is 0.0316. The van der Waals surface area contributed by atoms with Crippen LogP contribution in [-0.2, 0) is 53.1 Å². The van der Waals surface area contributed by atoms with Gasteiger partial charge < -0.3 is 25.4 Å². The van der Waals surface area contributed by atoms with Crippen LogP contribution in [0.15, 0.2) is 46.9 Å². The summed E-state index contributed by atoms with van der Waals surface area (Å²) in [7, 11) is 0. The molecule has 0 unspecified atom stereocenters. The van der Waals surface area contributed by atoms with Crippen LogP contribution >= 0.6 is 22.7 Å². The summed E-state index contributed by atoms with van der Waals surface area (Å²) in [6.45, 7) is 6.36. The van der Waals surface area contributed by atoms with Crippen molar-refractivity contribution in [2.24, 2.45) is 21.8 Å². The molecule has 3 N–H and O–H groups in total. The average Bonchev–Trinajstić information content (AvgIpc) is 4.05. The summed E-state index contributed by atoms with van der Waals surface area (Å²) >= 11 is 3.12. The molecule has 13 nitrogen and oxygen atoms in total. The molecular formula is C44H41F2N9O4S2. The number of carboxylic acid groups (broad SMARTS) is 1. The summed E-state index contributed by atoms with van der Waals surface area (Å²) in [6, 6.07) is 6.57. The molecule has 4 aromatic heterocycles. The highest BCUT2D eigenvalue weighted by molar-refractivity contribution is 7.19. The highest BCUT2D eigenvalue weighted by atomic mass is 32.1. The van der Waals surface area contributed by atoms with Gasteiger partial charge in [0.15, 0.2) is 0 Å². The highest BCUT2D eigenvalue weighted by Gasteiger charge is 2.35. The van der Waals surface area contributed by atoms with Crippen molar-refractivity contribution in [1.29, 1.82) is 0 Å². The van der Waals surface area contributed by atoms with E-state index >= 15 is 0 Å². The van der Waals surface area contributed by atoms with Crippen molar-refractivity contribution in [3.63, 3.8) is 0 Å². The zero-order chi connectivity index (χ0) is 41.9. The number of hydrogen-bond donors (Lipinski definition) is 3. The number of anilines is 4. The van der Waals surface area contributed by atoms with Crippen LogP contribution in [0.1, 0.15) is 69.8 Å². The molecule has 17 heteroatoms. The molecule has 2 aliphatic carbocycles. The summed E-state index contributed by atoms with van der Waals surface area (Å²) in [5, 5.41) is 17.4. The van der Waals surface area contributed by atoms with Crippen LogP contribution in [0.2, 0.25) is 0 Å². The number of fused-ring (bicyclic) bond motifs is 8. The van der Waals surface area contributed by atoms with E-state index in [4.69, 9.17) is 4.74 Å².